The number of hydrogen-bond donors (Lipinski definition) is 4. The van der Waals surface area contributed by atoms with Gasteiger partial charge < -0.3 is 15.7 Å². The van der Waals surface area contributed by atoms with Crippen molar-refractivity contribution in [3.8, 4) is 5.75 Å². The van der Waals surface area contributed by atoms with Crippen molar-refractivity contribution in [2.45, 2.75) is 18.9 Å². The second kappa shape index (κ2) is 8.72. The van der Waals surface area contributed by atoms with Gasteiger partial charge in [-0.15, -0.1) is 5.10 Å². The maximum atomic E-state index is 13.6. The Balaban J connectivity index is 1.78. The molecule has 0 amide bonds. The molecule has 0 fully saturated rings. The van der Waals surface area contributed by atoms with Gasteiger partial charge in [0.15, 0.2) is 0 Å². The molecule has 0 aromatic heterocycles. The Morgan fingerprint density at radius 1 is 1.12 bits per heavy atom. The lowest BCUT2D eigenvalue weighted by Gasteiger charge is -2.48. The Labute approximate surface area is 186 Å². The lowest BCUT2D eigenvalue weighted by atomic mass is 9.76. The quantitative estimate of drug-likeness (QED) is 0.214. The number of fused-ring (bicyclic) bond motifs is 1. The summed E-state index contributed by atoms with van der Waals surface area (Å²) in [4.78, 5) is 2.29. The van der Waals surface area contributed by atoms with Gasteiger partial charge in [-0.2, -0.15) is 0 Å². The highest BCUT2D eigenvalue weighted by Gasteiger charge is 2.40. The molecule has 0 radical (unpaired) electrons. The SMILES string of the molecule is CC1(c2ccc(/C=C/C(N)=N/NN)cc2)c2ccc(O)cc2CCN1c1ccc(F)cc1. The zero-order chi connectivity index (χ0) is 22.7. The second-order valence-electron chi connectivity index (χ2n) is 7.91. The summed E-state index contributed by atoms with van der Waals surface area (Å²) in [6, 6.07) is 20.3. The lowest BCUT2D eigenvalue weighted by Crippen LogP contribution is -2.49. The number of nitrogens with two attached hydrogens (primary N) is 2. The van der Waals surface area contributed by atoms with E-state index in [0.717, 1.165) is 40.9 Å². The fraction of sp³-hybridized carbons (Fsp3) is 0.160. The molecule has 7 heteroatoms. The number of phenolic OH excluding ortho intramolecular Hbond substituents is 1. The smallest absolute Gasteiger partial charge is 0.144 e. The molecule has 3 aromatic carbocycles. The Kier molecular flexibility index (Phi) is 5.83. The number of nitrogens with zero attached hydrogens (tertiary/aromatic N) is 2. The minimum atomic E-state index is -0.509. The van der Waals surface area contributed by atoms with E-state index < -0.39 is 5.54 Å². The molecular formula is C25H26FN5O. The lowest BCUT2D eigenvalue weighted by molar-refractivity contribution is 0.463. The largest absolute Gasteiger partial charge is 0.508 e. The Morgan fingerprint density at radius 2 is 1.84 bits per heavy atom. The van der Waals surface area contributed by atoms with Crippen LogP contribution in [0.3, 0.4) is 0 Å². The third-order valence-electron chi connectivity index (χ3n) is 6.01. The Morgan fingerprint density at radius 3 is 2.53 bits per heavy atom. The average molecular weight is 432 g/mol. The van der Waals surface area contributed by atoms with Crippen LogP contribution in [0.1, 0.15) is 29.2 Å². The molecule has 164 valence electrons. The Bertz CT molecular complexity index is 1160. The highest BCUT2D eigenvalue weighted by Crippen LogP contribution is 2.44. The van der Waals surface area contributed by atoms with Crippen molar-refractivity contribution < 1.29 is 9.50 Å². The third kappa shape index (κ3) is 4.02. The summed E-state index contributed by atoms with van der Waals surface area (Å²) in [7, 11) is 0. The van der Waals surface area contributed by atoms with E-state index in [0.29, 0.717) is 0 Å². The first-order chi connectivity index (χ1) is 15.4. The third-order valence-corrected chi connectivity index (χ3v) is 6.01. The molecule has 0 bridgehead atoms. The van der Waals surface area contributed by atoms with E-state index in [1.807, 2.05) is 42.5 Å². The summed E-state index contributed by atoms with van der Waals surface area (Å²) in [5.74, 6) is 5.41. The van der Waals surface area contributed by atoms with E-state index in [4.69, 9.17) is 11.6 Å². The summed E-state index contributed by atoms with van der Waals surface area (Å²) < 4.78 is 13.6. The van der Waals surface area contributed by atoms with Gasteiger partial charge in [-0.1, -0.05) is 36.4 Å². The van der Waals surface area contributed by atoms with E-state index >= 15 is 0 Å². The van der Waals surface area contributed by atoms with Crippen molar-refractivity contribution in [3.63, 3.8) is 0 Å². The van der Waals surface area contributed by atoms with E-state index in [2.05, 4.69) is 34.6 Å². The first-order valence-electron chi connectivity index (χ1n) is 10.3. The first-order valence-corrected chi connectivity index (χ1v) is 10.3. The van der Waals surface area contributed by atoms with Gasteiger partial charge in [0, 0.05) is 12.2 Å². The van der Waals surface area contributed by atoms with Gasteiger partial charge in [0.25, 0.3) is 0 Å². The zero-order valence-corrected chi connectivity index (χ0v) is 17.8. The molecule has 1 aliphatic heterocycles. The molecule has 1 atom stereocenters. The number of anilines is 1. The van der Waals surface area contributed by atoms with Crippen molar-refractivity contribution in [1.82, 2.24) is 5.53 Å². The van der Waals surface area contributed by atoms with E-state index in [9.17, 15) is 9.50 Å². The molecule has 6 nitrogen and oxygen atoms in total. The fourth-order valence-electron chi connectivity index (χ4n) is 4.39. The number of hydrazone groups is 1. The maximum Gasteiger partial charge on any atom is 0.144 e. The molecular weight excluding hydrogens is 405 g/mol. The van der Waals surface area contributed by atoms with Crippen LogP contribution in [0.5, 0.6) is 5.75 Å². The summed E-state index contributed by atoms with van der Waals surface area (Å²) in [5.41, 5.74) is 12.6. The number of halogens is 1. The average Bonchev–Trinajstić information content (AvgIpc) is 2.79. The van der Waals surface area contributed by atoms with Crippen molar-refractivity contribution in [2.75, 3.05) is 11.4 Å². The van der Waals surface area contributed by atoms with Gasteiger partial charge in [0.1, 0.15) is 17.4 Å². The standard InChI is InChI=1S/C25H26FN5O/c1-25(19-5-2-17(3-6-19)4-13-24(27)29-30-28)23-12-11-22(32)16-18(23)14-15-31(25)21-9-7-20(26)8-10-21/h2-13,16,30,32H,14-15,28H2,1H3,(H2,27,29)/b13-4+. The monoisotopic (exact) mass is 431 g/mol. The number of hydrogen-bond acceptors (Lipinski definition) is 5. The number of hydrazine groups is 1. The van der Waals surface area contributed by atoms with Crippen LogP contribution in [0.4, 0.5) is 10.1 Å². The Hall–Kier alpha value is -3.84. The molecule has 1 unspecified atom stereocenters. The topological polar surface area (TPSA) is 99.9 Å². The molecule has 4 rings (SSSR count). The summed E-state index contributed by atoms with van der Waals surface area (Å²) in [6.45, 7) is 2.90. The normalized spacial score (nSPS) is 18.6. The number of benzene rings is 3. The molecule has 1 heterocycles. The van der Waals surface area contributed by atoms with Gasteiger partial charge in [-0.05, 0) is 78.1 Å². The second-order valence-corrected chi connectivity index (χ2v) is 7.91. The van der Waals surface area contributed by atoms with Crippen molar-refractivity contribution in [1.29, 1.82) is 0 Å². The molecule has 0 spiro atoms. The molecule has 1 aliphatic rings. The maximum absolute atomic E-state index is 13.6. The summed E-state index contributed by atoms with van der Waals surface area (Å²) >= 11 is 0. The number of amidine groups is 1. The summed E-state index contributed by atoms with van der Waals surface area (Å²) in [5, 5.41) is 13.7. The van der Waals surface area contributed by atoms with Crippen molar-refractivity contribution >= 4 is 17.6 Å². The minimum Gasteiger partial charge on any atom is -0.508 e. The highest BCUT2D eigenvalue weighted by molar-refractivity contribution is 5.94. The minimum absolute atomic E-state index is 0.257. The van der Waals surface area contributed by atoms with Crippen LogP contribution in [-0.2, 0) is 12.0 Å². The number of nitrogens with one attached hydrogen (secondary N) is 1. The molecule has 3 aromatic rings. The highest BCUT2D eigenvalue weighted by atomic mass is 19.1. The van der Waals surface area contributed by atoms with Gasteiger partial charge in [-0.25, -0.2) is 15.8 Å². The van der Waals surface area contributed by atoms with Crippen LogP contribution in [-0.4, -0.2) is 17.5 Å². The molecule has 32 heavy (non-hydrogen) atoms. The van der Waals surface area contributed by atoms with Crippen LogP contribution < -0.4 is 22.0 Å². The van der Waals surface area contributed by atoms with Crippen LogP contribution in [0.2, 0.25) is 0 Å². The van der Waals surface area contributed by atoms with E-state index in [1.165, 1.54) is 12.1 Å². The predicted octanol–water partition coefficient (Wildman–Crippen LogP) is 3.61. The van der Waals surface area contributed by atoms with Crippen LogP contribution >= 0.6 is 0 Å². The van der Waals surface area contributed by atoms with Crippen LogP contribution in [0, 0.1) is 5.82 Å². The molecule has 0 saturated heterocycles. The number of rotatable bonds is 5. The van der Waals surface area contributed by atoms with Gasteiger partial charge >= 0.3 is 0 Å². The summed E-state index contributed by atoms with van der Waals surface area (Å²) in [6.07, 6.45) is 4.30. The van der Waals surface area contributed by atoms with Gasteiger partial charge in [0.2, 0.25) is 0 Å². The predicted molar refractivity (Wildman–Crippen MR) is 126 cm³/mol. The zero-order valence-electron chi connectivity index (χ0n) is 17.8. The molecule has 6 N–H and O–H groups in total. The van der Waals surface area contributed by atoms with Crippen molar-refractivity contribution in [2.24, 2.45) is 16.7 Å². The van der Waals surface area contributed by atoms with Crippen molar-refractivity contribution in [3.05, 3.63) is 101 Å². The van der Waals surface area contributed by atoms with Crippen LogP contribution in [0.25, 0.3) is 6.08 Å². The number of phenols is 1. The molecule has 0 aliphatic carbocycles. The number of aromatic hydroxyl groups is 1. The molecule has 0 saturated carbocycles. The van der Waals surface area contributed by atoms with E-state index in [1.54, 1.807) is 12.1 Å². The first kappa shape index (κ1) is 21.4. The van der Waals surface area contributed by atoms with Crippen LogP contribution in [0.15, 0.2) is 77.9 Å². The van der Waals surface area contributed by atoms with Gasteiger partial charge in [0.05, 0.1) is 5.54 Å². The van der Waals surface area contributed by atoms with E-state index in [-0.39, 0.29) is 17.4 Å². The fourth-order valence-corrected chi connectivity index (χ4v) is 4.39. The van der Waals surface area contributed by atoms with Gasteiger partial charge in [-0.3, -0.25) is 0 Å².